The van der Waals surface area contributed by atoms with Crippen LogP contribution in [0.1, 0.15) is 22.3 Å². The summed E-state index contributed by atoms with van der Waals surface area (Å²) in [5.74, 6) is 0. The van der Waals surface area contributed by atoms with Crippen molar-refractivity contribution in [3.8, 4) is 33.6 Å². The van der Waals surface area contributed by atoms with Gasteiger partial charge in [-0.15, -0.1) is 0 Å². The maximum Gasteiger partial charge on any atom is 0.0541 e. The van der Waals surface area contributed by atoms with Crippen LogP contribution < -0.4 is 0 Å². The van der Waals surface area contributed by atoms with Crippen LogP contribution in [0.25, 0.3) is 88.4 Å². The van der Waals surface area contributed by atoms with Crippen LogP contribution in [0.5, 0.6) is 0 Å². The Bertz CT molecular complexity index is 3330. The first-order valence-corrected chi connectivity index (χ1v) is 22.0. The molecule has 0 aliphatic carbocycles. The summed E-state index contributed by atoms with van der Waals surface area (Å²) in [5, 5.41) is 5.05. The first kappa shape index (κ1) is 37.3. The average Bonchev–Trinajstić information content (AvgIpc) is 3.89. The van der Waals surface area contributed by atoms with Gasteiger partial charge in [0.25, 0.3) is 0 Å². The van der Waals surface area contributed by atoms with Crippen molar-refractivity contribution in [1.82, 2.24) is 9.13 Å². The Morgan fingerprint density at radius 1 is 0.234 bits per heavy atom. The van der Waals surface area contributed by atoms with Gasteiger partial charge in [-0.25, -0.2) is 0 Å². The van der Waals surface area contributed by atoms with Crippen LogP contribution in [0.2, 0.25) is 0 Å². The van der Waals surface area contributed by atoms with E-state index in [0.29, 0.717) is 0 Å². The van der Waals surface area contributed by atoms with Crippen LogP contribution >= 0.6 is 0 Å². The van der Waals surface area contributed by atoms with Gasteiger partial charge in [0, 0.05) is 32.9 Å². The number of aromatic nitrogens is 2. The van der Waals surface area contributed by atoms with E-state index in [1.807, 2.05) is 0 Å². The van der Waals surface area contributed by atoms with E-state index in [1.54, 1.807) is 0 Å². The maximum absolute atomic E-state index is 2.38. The van der Waals surface area contributed by atoms with Crippen LogP contribution in [0, 0.1) is 0 Å². The molecule has 0 spiro atoms. The summed E-state index contributed by atoms with van der Waals surface area (Å²) in [6.45, 7) is 0. The topological polar surface area (TPSA) is 9.86 Å². The zero-order chi connectivity index (χ0) is 42.4. The van der Waals surface area contributed by atoms with Gasteiger partial charge in [-0.05, 0) is 104 Å². The van der Waals surface area contributed by atoms with Crippen LogP contribution in [-0.4, -0.2) is 9.13 Å². The average molecular weight is 815 g/mol. The Hall–Kier alpha value is -8.46. The number of benzene rings is 10. The molecule has 0 aliphatic heterocycles. The van der Waals surface area contributed by atoms with E-state index in [0.717, 1.165) is 33.6 Å². The molecule has 2 aromatic heterocycles. The van der Waals surface area contributed by atoms with E-state index in [2.05, 4.69) is 264 Å². The smallest absolute Gasteiger partial charge is 0.0541 e. The lowest BCUT2D eigenvalue weighted by molar-refractivity contribution is 1.18. The minimum Gasteiger partial charge on any atom is -0.309 e. The first-order chi connectivity index (χ1) is 31.8. The fraction of sp³-hybridized carbons (Fsp3) is 0. The SMILES string of the molecule is c1ccc(C(=C(c2ccccc2)c2ccccc2-c2ccc(-n3c4ccccc4c4ccccc43)cc2)c2ccccc2-c2ccc(-n3c4ccccc4c4ccccc43)cc2)cc1. The summed E-state index contributed by atoms with van der Waals surface area (Å²) in [6, 6.07) is 92.7. The molecule has 10 aromatic carbocycles. The van der Waals surface area contributed by atoms with Crippen molar-refractivity contribution in [3.63, 3.8) is 0 Å². The maximum atomic E-state index is 2.38. The monoisotopic (exact) mass is 814 g/mol. The molecular formula is C62H42N2. The summed E-state index contributed by atoms with van der Waals surface area (Å²) in [7, 11) is 0. The quantitative estimate of drug-likeness (QED) is 0.135. The van der Waals surface area contributed by atoms with Gasteiger partial charge in [-0.3, -0.25) is 0 Å². The molecule has 2 nitrogen and oxygen atoms in total. The van der Waals surface area contributed by atoms with Crippen molar-refractivity contribution in [3.05, 3.63) is 277 Å². The molecule has 12 rings (SSSR count). The summed E-state index contributed by atoms with van der Waals surface area (Å²) in [5.41, 5.74) is 18.8. The molecule has 0 N–H and O–H groups in total. The predicted molar refractivity (Wildman–Crippen MR) is 270 cm³/mol. The Morgan fingerprint density at radius 2 is 0.516 bits per heavy atom. The molecule has 0 aliphatic rings. The summed E-state index contributed by atoms with van der Waals surface area (Å²) < 4.78 is 4.77. The largest absolute Gasteiger partial charge is 0.309 e. The molecule has 2 heteroatoms. The molecule has 64 heavy (non-hydrogen) atoms. The molecule has 0 saturated heterocycles. The van der Waals surface area contributed by atoms with E-state index >= 15 is 0 Å². The van der Waals surface area contributed by atoms with Crippen molar-refractivity contribution in [1.29, 1.82) is 0 Å². The van der Waals surface area contributed by atoms with Crippen molar-refractivity contribution >= 4 is 54.8 Å². The van der Waals surface area contributed by atoms with Gasteiger partial charge >= 0.3 is 0 Å². The fourth-order valence-corrected chi connectivity index (χ4v) is 9.97. The second kappa shape index (κ2) is 15.8. The molecular weight excluding hydrogens is 773 g/mol. The van der Waals surface area contributed by atoms with Gasteiger partial charge < -0.3 is 9.13 Å². The highest BCUT2D eigenvalue weighted by molar-refractivity contribution is 6.11. The number of nitrogens with zero attached hydrogens (tertiary/aromatic N) is 2. The highest BCUT2D eigenvalue weighted by atomic mass is 15.0. The van der Waals surface area contributed by atoms with Crippen LogP contribution in [0.3, 0.4) is 0 Å². The van der Waals surface area contributed by atoms with E-state index in [9.17, 15) is 0 Å². The minimum atomic E-state index is 1.14. The van der Waals surface area contributed by atoms with Gasteiger partial charge in [0.1, 0.15) is 0 Å². The molecule has 0 fully saturated rings. The summed E-state index contributed by atoms with van der Waals surface area (Å²) in [6.07, 6.45) is 0. The van der Waals surface area contributed by atoms with E-state index in [-0.39, 0.29) is 0 Å². The van der Waals surface area contributed by atoms with E-state index < -0.39 is 0 Å². The van der Waals surface area contributed by atoms with Gasteiger partial charge in [0.05, 0.1) is 22.1 Å². The van der Waals surface area contributed by atoms with Crippen molar-refractivity contribution in [2.24, 2.45) is 0 Å². The second-order valence-electron chi connectivity index (χ2n) is 16.4. The molecule has 2 heterocycles. The highest BCUT2D eigenvalue weighted by Gasteiger charge is 2.22. The number of hydrogen-bond donors (Lipinski definition) is 0. The number of fused-ring (bicyclic) bond motifs is 6. The molecule has 0 bridgehead atoms. The third-order valence-electron chi connectivity index (χ3n) is 12.8. The Morgan fingerprint density at radius 3 is 0.859 bits per heavy atom. The molecule has 0 amide bonds. The molecule has 0 radical (unpaired) electrons. The predicted octanol–water partition coefficient (Wildman–Crippen LogP) is 16.2. The van der Waals surface area contributed by atoms with Gasteiger partial charge in [0.15, 0.2) is 0 Å². The number of hydrogen-bond acceptors (Lipinski definition) is 0. The van der Waals surface area contributed by atoms with Crippen molar-refractivity contribution in [2.75, 3.05) is 0 Å². The minimum absolute atomic E-state index is 1.14. The van der Waals surface area contributed by atoms with Crippen molar-refractivity contribution < 1.29 is 0 Å². The third kappa shape index (κ3) is 6.27. The van der Waals surface area contributed by atoms with Gasteiger partial charge in [-0.2, -0.15) is 0 Å². The fourth-order valence-electron chi connectivity index (χ4n) is 9.97. The molecule has 0 atom stereocenters. The standard InChI is InChI=1S/C62H42N2/c1-3-19-45(20-4-1)61(55-29-9-7-23-49(55)43-35-39-47(40-36-43)63-57-31-15-11-25-51(57)52-26-12-16-32-58(52)63)62(46-21-5-2-6-22-46)56-30-10-8-24-50(56)44-37-41-48(42-38-44)64-59-33-17-13-27-53(59)54-28-14-18-34-60(54)64/h1-42H. The summed E-state index contributed by atoms with van der Waals surface area (Å²) >= 11 is 0. The zero-order valence-corrected chi connectivity index (χ0v) is 35.1. The second-order valence-corrected chi connectivity index (χ2v) is 16.4. The zero-order valence-electron chi connectivity index (χ0n) is 35.1. The third-order valence-corrected chi connectivity index (χ3v) is 12.8. The Balaban J connectivity index is 1.04. The molecule has 0 unspecified atom stereocenters. The van der Waals surface area contributed by atoms with Crippen LogP contribution in [-0.2, 0) is 0 Å². The van der Waals surface area contributed by atoms with E-state index in [4.69, 9.17) is 0 Å². The van der Waals surface area contributed by atoms with Crippen LogP contribution in [0.4, 0.5) is 0 Å². The van der Waals surface area contributed by atoms with Crippen LogP contribution in [0.15, 0.2) is 255 Å². The number of rotatable bonds is 8. The lowest BCUT2D eigenvalue weighted by atomic mass is 9.81. The van der Waals surface area contributed by atoms with Gasteiger partial charge in [0.2, 0.25) is 0 Å². The lowest BCUT2D eigenvalue weighted by Crippen LogP contribution is -2.01. The van der Waals surface area contributed by atoms with Crippen molar-refractivity contribution in [2.45, 2.75) is 0 Å². The molecule has 300 valence electrons. The number of para-hydroxylation sites is 4. The molecule has 12 aromatic rings. The first-order valence-electron chi connectivity index (χ1n) is 22.0. The highest BCUT2D eigenvalue weighted by Crippen LogP contribution is 2.44. The lowest BCUT2D eigenvalue weighted by Gasteiger charge is -2.22. The Labute approximate surface area is 372 Å². The normalized spacial score (nSPS) is 12.0. The Kier molecular flexibility index (Phi) is 9.20. The van der Waals surface area contributed by atoms with E-state index in [1.165, 1.54) is 77.0 Å². The molecule has 0 saturated carbocycles. The summed E-state index contributed by atoms with van der Waals surface area (Å²) in [4.78, 5) is 0. The van der Waals surface area contributed by atoms with Gasteiger partial charge in [-0.1, -0.05) is 206 Å².